The lowest BCUT2D eigenvalue weighted by atomic mass is 10.2. The topological polar surface area (TPSA) is 83.2 Å². The molecule has 0 radical (unpaired) electrons. The molecule has 0 atom stereocenters. The summed E-state index contributed by atoms with van der Waals surface area (Å²) in [6, 6.07) is 10.2. The van der Waals surface area contributed by atoms with E-state index in [0.717, 1.165) is 50.8 Å². The van der Waals surface area contributed by atoms with E-state index in [0.29, 0.717) is 11.5 Å². The normalized spacial score (nSPS) is 14.4. The van der Waals surface area contributed by atoms with Crippen molar-refractivity contribution in [1.82, 2.24) is 15.0 Å². The van der Waals surface area contributed by atoms with Crippen LogP contribution in [0.5, 0.6) is 0 Å². The third kappa shape index (κ3) is 4.11. The van der Waals surface area contributed by atoms with Gasteiger partial charge in [0.25, 0.3) is 0 Å². The minimum Gasteiger partial charge on any atom is -0.393 e. The first-order chi connectivity index (χ1) is 13.3. The molecule has 4 rings (SSSR count). The van der Waals surface area contributed by atoms with E-state index in [1.165, 1.54) is 4.88 Å². The van der Waals surface area contributed by atoms with E-state index in [4.69, 9.17) is 5.73 Å². The zero-order valence-corrected chi connectivity index (χ0v) is 15.9. The Labute approximate surface area is 162 Å². The van der Waals surface area contributed by atoms with Crippen LogP contribution in [0.1, 0.15) is 4.88 Å². The van der Waals surface area contributed by atoms with Gasteiger partial charge in [-0.05, 0) is 30.0 Å². The summed E-state index contributed by atoms with van der Waals surface area (Å²) in [5.41, 5.74) is 6.99. The summed E-state index contributed by atoms with van der Waals surface area (Å²) in [7, 11) is 0. The molecule has 3 aromatic heterocycles. The first-order valence-corrected chi connectivity index (χ1v) is 9.97. The smallest absolute Gasteiger partial charge is 0.157 e. The highest BCUT2D eigenvalue weighted by Crippen LogP contribution is 2.27. The van der Waals surface area contributed by atoms with Gasteiger partial charge in [-0.3, -0.25) is 0 Å². The standard InChI is InChI=1S/C19H23N7S/c20-17-18(22-8-6-15-4-3-13-27-15)23-14-24-19(17)26-11-9-25(10-12-26)16-5-1-2-7-21-16/h1-5,7,13-14H,6,8-12,20H2,(H,22,23,24). The number of nitrogens with one attached hydrogen (secondary N) is 1. The third-order valence-corrected chi connectivity index (χ3v) is 5.60. The molecule has 1 aliphatic rings. The van der Waals surface area contributed by atoms with Crippen molar-refractivity contribution in [2.45, 2.75) is 6.42 Å². The Bertz CT molecular complexity index is 846. The predicted molar refractivity (Wildman–Crippen MR) is 112 cm³/mol. The molecule has 4 heterocycles. The highest BCUT2D eigenvalue weighted by Gasteiger charge is 2.21. The van der Waals surface area contributed by atoms with Gasteiger partial charge in [0.2, 0.25) is 0 Å². The molecule has 140 valence electrons. The molecule has 0 spiro atoms. The molecule has 7 nitrogen and oxygen atoms in total. The summed E-state index contributed by atoms with van der Waals surface area (Å²) < 4.78 is 0. The van der Waals surface area contributed by atoms with Gasteiger partial charge in [-0.1, -0.05) is 12.1 Å². The molecule has 0 amide bonds. The van der Waals surface area contributed by atoms with Gasteiger partial charge in [-0.25, -0.2) is 15.0 Å². The largest absolute Gasteiger partial charge is 0.393 e. The summed E-state index contributed by atoms with van der Waals surface area (Å²) in [5, 5.41) is 5.44. The van der Waals surface area contributed by atoms with Crippen molar-refractivity contribution in [3.05, 3.63) is 53.1 Å². The van der Waals surface area contributed by atoms with Crippen LogP contribution in [0.15, 0.2) is 48.2 Å². The molecule has 27 heavy (non-hydrogen) atoms. The van der Waals surface area contributed by atoms with E-state index in [1.54, 1.807) is 17.7 Å². The van der Waals surface area contributed by atoms with E-state index in [1.807, 2.05) is 24.4 Å². The molecule has 3 aromatic rings. The minimum atomic E-state index is 0.620. The Balaban J connectivity index is 1.38. The fraction of sp³-hybridized carbons (Fsp3) is 0.316. The number of pyridine rings is 1. The van der Waals surface area contributed by atoms with E-state index in [9.17, 15) is 0 Å². The van der Waals surface area contributed by atoms with Crippen molar-refractivity contribution < 1.29 is 0 Å². The Morgan fingerprint density at radius 1 is 1.00 bits per heavy atom. The summed E-state index contributed by atoms with van der Waals surface area (Å²) in [6.45, 7) is 4.29. The second-order valence-corrected chi connectivity index (χ2v) is 7.41. The lowest BCUT2D eigenvalue weighted by molar-refractivity contribution is 0.642. The Kier molecular flexibility index (Phi) is 5.34. The second kappa shape index (κ2) is 8.22. The van der Waals surface area contributed by atoms with Crippen molar-refractivity contribution in [2.75, 3.05) is 53.6 Å². The van der Waals surface area contributed by atoms with Crippen LogP contribution >= 0.6 is 11.3 Å². The Morgan fingerprint density at radius 3 is 2.59 bits per heavy atom. The first kappa shape index (κ1) is 17.5. The number of aromatic nitrogens is 3. The summed E-state index contributed by atoms with van der Waals surface area (Å²) in [6.07, 6.45) is 4.38. The molecule has 1 aliphatic heterocycles. The predicted octanol–water partition coefficient (Wildman–Crippen LogP) is 2.50. The van der Waals surface area contributed by atoms with Gasteiger partial charge in [0.1, 0.15) is 17.8 Å². The van der Waals surface area contributed by atoms with Gasteiger partial charge < -0.3 is 20.9 Å². The maximum absolute atomic E-state index is 6.37. The average molecular weight is 382 g/mol. The van der Waals surface area contributed by atoms with E-state index < -0.39 is 0 Å². The first-order valence-electron chi connectivity index (χ1n) is 9.09. The minimum absolute atomic E-state index is 0.620. The van der Waals surface area contributed by atoms with E-state index >= 15 is 0 Å². The van der Waals surface area contributed by atoms with Crippen LogP contribution in [0.4, 0.5) is 23.1 Å². The molecule has 0 aliphatic carbocycles. The molecule has 1 fully saturated rings. The van der Waals surface area contributed by atoms with Crippen LogP contribution in [0, 0.1) is 0 Å². The fourth-order valence-electron chi connectivity index (χ4n) is 3.23. The molecule has 1 saturated heterocycles. The van der Waals surface area contributed by atoms with Crippen LogP contribution in [0.25, 0.3) is 0 Å². The SMILES string of the molecule is Nc1c(NCCc2cccs2)ncnc1N1CCN(c2ccccn2)CC1. The molecule has 3 N–H and O–H groups in total. The Hall–Kier alpha value is -2.87. The van der Waals surface area contributed by atoms with Gasteiger partial charge in [0.05, 0.1) is 0 Å². The van der Waals surface area contributed by atoms with Crippen molar-refractivity contribution >= 4 is 34.5 Å². The average Bonchev–Trinajstić information content (AvgIpc) is 3.24. The molecule has 0 unspecified atom stereocenters. The van der Waals surface area contributed by atoms with E-state index in [-0.39, 0.29) is 0 Å². The summed E-state index contributed by atoms with van der Waals surface area (Å²) >= 11 is 1.76. The molecule has 8 heteroatoms. The van der Waals surface area contributed by atoms with Crippen molar-refractivity contribution in [1.29, 1.82) is 0 Å². The zero-order chi connectivity index (χ0) is 18.5. The van der Waals surface area contributed by atoms with Crippen molar-refractivity contribution in [3.8, 4) is 0 Å². The molecule has 0 aromatic carbocycles. The quantitative estimate of drug-likeness (QED) is 0.679. The molecule has 0 saturated carbocycles. The van der Waals surface area contributed by atoms with Crippen molar-refractivity contribution in [2.24, 2.45) is 0 Å². The van der Waals surface area contributed by atoms with Crippen molar-refractivity contribution in [3.63, 3.8) is 0 Å². The number of hydrogen-bond acceptors (Lipinski definition) is 8. The maximum atomic E-state index is 6.37. The number of thiophene rings is 1. The zero-order valence-electron chi connectivity index (χ0n) is 15.1. The second-order valence-electron chi connectivity index (χ2n) is 6.38. The van der Waals surface area contributed by atoms with Crippen LogP contribution in [0.3, 0.4) is 0 Å². The van der Waals surface area contributed by atoms with Crippen LogP contribution in [-0.4, -0.2) is 47.7 Å². The van der Waals surface area contributed by atoms with Gasteiger partial charge in [0.15, 0.2) is 11.6 Å². The lowest BCUT2D eigenvalue weighted by Crippen LogP contribution is -2.47. The van der Waals surface area contributed by atoms with E-state index in [2.05, 4.69) is 47.6 Å². The fourth-order valence-corrected chi connectivity index (χ4v) is 3.94. The summed E-state index contributed by atoms with van der Waals surface area (Å²) in [4.78, 5) is 19.1. The number of anilines is 4. The van der Waals surface area contributed by atoms with Crippen LogP contribution in [-0.2, 0) is 6.42 Å². The molecular formula is C19H23N7S. The molecular weight excluding hydrogens is 358 g/mol. The number of nitrogens with two attached hydrogens (primary N) is 1. The number of rotatable bonds is 6. The lowest BCUT2D eigenvalue weighted by Gasteiger charge is -2.36. The van der Waals surface area contributed by atoms with Gasteiger partial charge in [-0.2, -0.15) is 0 Å². The maximum Gasteiger partial charge on any atom is 0.157 e. The highest BCUT2D eigenvalue weighted by molar-refractivity contribution is 7.09. The van der Waals surface area contributed by atoms with Gasteiger partial charge in [0, 0.05) is 43.8 Å². The van der Waals surface area contributed by atoms with Crippen LogP contribution in [0.2, 0.25) is 0 Å². The molecule has 0 bridgehead atoms. The van der Waals surface area contributed by atoms with Gasteiger partial charge >= 0.3 is 0 Å². The number of nitrogens with zero attached hydrogens (tertiary/aromatic N) is 5. The summed E-state index contributed by atoms with van der Waals surface area (Å²) in [5.74, 6) is 2.54. The monoisotopic (exact) mass is 381 g/mol. The highest BCUT2D eigenvalue weighted by atomic mass is 32.1. The Morgan fingerprint density at radius 2 is 1.85 bits per heavy atom. The third-order valence-electron chi connectivity index (χ3n) is 4.66. The number of nitrogen functional groups attached to an aromatic ring is 1. The number of piperazine rings is 1. The van der Waals surface area contributed by atoms with Crippen LogP contribution < -0.4 is 20.9 Å². The van der Waals surface area contributed by atoms with Gasteiger partial charge in [-0.15, -0.1) is 11.3 Å². The number of hydrogen-bond donors (Lipinski definition) is 2.